The number of carboxylic acid groups (broad SMARTS) is 1. The first-order chi connectivity index (χ1) is 16.9. The van der Waals surface area contributed by atoms with Crippen molar-refractivity contribution in [1.82, 2.24) is 0 Å². The van der Waals surface area contributed by atoms with Gasteiger partial charge >= 0.3 is 41.7 Å². The second kappa shape index (κ2) is 12.6. The minimum atomic E-state index is -4.66. The van der Waals surface area contributed by atoms with Crippen LogP contribution < -0.4 is 9.04 Å². The van der Waals surface area contributed by atoms with Gasteiger partial charge in [0.25, 0.3) is 10.0 Å². The molecule has 37 heavy (non-hydrogen) atoms. The van der Waals surface area contributed by atoms with E-state index in [4.69, 9.17) is 9.84 Å². The topological polar surface area (TPSA) is 83.9 Å². The van der Waals surface area contributed by atoms with Gasteiger partial charge in [0.05, 0.1) is 16.1 Å². The molecule has 0 atom stereocenters. The molecule has 0 unspecified atom stereocenters. The van der Waals surface area contributed by atoms with Crippen molar-refractivity contribution in [2.75, 3.05) is 4.31 Å². The average Bonchev–Trinajstić information content (AvgIpc) is 2.82. The third kappa shape index (κ3) is 7.85. The number of aliphatic carboxylic acids is 1. The minimum absolute atomic E-state index is 0. The number of halogens is 3. The van der Waals surface area contributed by atoms with E-state index in [9.17, 15) is 26.4 Å². The summed E-state index contributed by atoms with van der Waals surface area (Å²) in [6.07, 6.45) is -2.28. The van der Waals surface area contributed by atoms with Gasteiger partial charge in [-0.2, -0.15) is 13.2 Å². The fourth-order valence-electron chi connectivity index (χ4n) is 3.43. The molecule has 0 saturated carbocycles. The number of carbonyl (C=O) groups is 1. The van der Waals surface area contributed by atoms with E-state index in [1.807, 2.05) is 0 Å². The zero-order valence-corrected chi connectivity index (χ0v) is 20.3. The number of hydrogen-bond acceptors (Lipinski definition) is 4. The molecule has 0 radical (unpaired) electrons. The van der Waals surface area contributed by atoms with Gasteiger partial charge in [-0.15, -0.1) is 0 Å². The van der Waals surface area contributed by atoms with Crippen molar-refractivity contribution >= 4 is 57.3 Å². The van der Waals surface area contributed by atoms with Crippen LogP contribution in [-0.4, -0.2) is 55.1 Å². The maximum absolute atomic E-state index is 13.5. The molecular weight excluding hydrogens is 518 g/mol. The second-order valence-corrected chi connectivity index (χ2v) is 9.90. The third-order valence-electron chi connectivity index (χ3n) is 5.09. The first kappa shape index (κ1) is 30.4. The van der Waals surface area contributed by atoms with Crippen molar-refractivity contribution in [3.8, 4) is 5.75 Å². The summed E-state index contributed by atoms with van der Waals surface area (Å²) in [5.41, 5.74) is 0.202. The summed E-state index contributed by atoms with van der Waals surface area (Å²) in [5, 5.41) is 8.73. The van der Waals surface area contributed by atoms with Crippen molar-refractivity contribution in [3.05, 3.63) is 95.6 Å². The van der Waals surface area contributed by atoms with Gasteiger partial charge in [0.2, 0.25) is 0 Å². The molecule has 1 N–H and O–H groups in total. The standard InChI is InChI=1S/C26H24F3NO5S.Na.H/c1-18(2)30(36(33,34)22-6-4-3-5-7-22)23-14-13-21(26(27,28)29)16-24(23)35-17-20-10-8-19(9-11-20)12-15-25(31)32;;/h3-16,18H,17H2,1-2H3,(H,31,32);;/b15-12+;;. The Morgan fingerprint density at radius 2 is 1.65 bits per heavy atom. The summed E-state index contributed by atoms with van der Waals surface area (Å²) >= 11 is 0. The van der Waals surface area contributed by atoms with E-state index >= 15 is 0 Å². The molecule has 0 spiro atoms. The molecule has 0 saturated heterocycles. The molecule has 0 bridgehead atoms. The Labute approximate surface area is 235 Å². The average molecular weight is 544 g/mol. The van der Waals surface area contributed by atoms with Crippen molar-refractivity contribution < 1.29 is 36.2 Å². The summed E-state index contributed by atoms with van der Waals surface area (Å²) in [7, 11) is -4.11. The molecule has 3 aromatic rings. The van der Waals surface area contributed by atoms with Crippen molar-refractivity contribution in [2.45, 2.75) is 37.6 Å². The molecule has 6 nitrogen and oxygen atoms in total. The molecule has 3 rings (SSSR count). The Morgan fingerprint density at radius 1 is 1.03 bits per heavy atom. The summed E-state index contributed by atoms with van der Waals surface area (Å²) in [5.74, 6) is -1.34. The molecule has 11 heteroatoms. The van der Waals surface area contributed by atoms with Crippen LogP contribution in [0.3, 0.4) is 0 Å². The van der Waals surface area contributed by atoms with E-state index in [0.29, 0.717) is 11.1 Å². The molecule has 0 aromatic heterocycles. The maximum atomic E-state index is 13.5. The Bertz CT molecular complexity index is 1340. The van der Waals surface area contributed by atoms with Gasteiger partial charge in [-0.3, -0.25) is 4.31 Å². The van der Waals surface area contributed by atoms with Gasteiger partial charge in [0.15, 0.2) is 0 Å². The molecule has 0 aliphatic carbocycles. The van der Waals surface area contributed by atoms with Gasteiger partial charge in [0.1, 0.15) is 12.4 Å². The van der Waals surface area contributed by atoms with Crippen LogP contribution >= 0.6 is 0 Å². The number of alkyl halides is 3. The van der Waals surface area contributed by atoms with Gasteiger partial charge in [0, 0.05) is 12.1 Å². The number of ether oxygens (including phenoxy) is 1. The van der Waals surface area contributed by atoms with Crippen molar-refractivity contribution in [2.24, 2.45) is 0 Å². The van der Waals surface area contributed by atoms with E-state index in [1.165, 1.54) is 18.2 Å². The Hall–Kier alpha value is -2.79. The van der Waals surface area contributed by atoms with Crippen LogP contribution in [-0.2, 0) is 27.6 Å². The van der Waals surface area contributed by atoms with Gasteiger partial charge in [-0.05, 0) is 61.4 Å². The van der Waals surface area contributed by atoms with Crippen LogP contribution in [0, 0.1) is 0 Å². The number of nitrogens with zero attached hydrogens (tertiary/aromatic N) is 1. The van der Waals surface area contributed by atoms with E-state index in [-0.39, 0.29) is 52.5 Å². The Morgan fingerprint density at radius 3 is 2.19 bits per heavy atom. The van der Waals surface area contributed by atoms with Crippen molar-refractivity contribution in [1.29, 1.82) is 0 Å². The number of rotatable bonds is 9. The van der Waals surface area contributed by atoms with E-state index in [2.05, 4.69) is 0 Å². The number of sulfonamides is 1. The summed E-state index contributed by atoms with van der Waals surface area (Å²) in [4.78, 5) is 10.7. The van der Waals surface area contributed by atoms with Crippen molar-refractivity contribution in [3.63, 3.8) is 0 Å². The van der Waals surface area contributed by atoms with E-state index < -0.39 is 33.8 Å². The zero-order chi connectivity index (χ0) is 26.5. The first-order valence-electron chi connectivity index (χ1n) is 10.8. The van der Waals surface area contributed by atoms with Crippen LogP contribution in [0.25, 0.3) is 6.08 Å². The third-order valence-corrected chi connectivity index (χ3v) is 7.09. The molecule has 0 amide bonds. The molecule has 0 heterocycles. The van der Waals surface area contributed by atoms with Crippen LogP contribution in [0.1, 0.15) is 30.5 Å². The summed E-state index contributed by atoms with van der Waals surface area (Å²) in [6.45, 7) is 3.09. The molecule has 192 valence electrons. The number of benzene rings is 3. The Balaban J connectivity index is 0.00000481. The Kier molecular flexibility index (Phi) is 10.4. The van der Waals surface area contributed by atoms with Gasteiger partial charge in [-0.25, -0.2) is 13.2 Å². The van der Waals surface area contributed by atoms with Gasteiger partial charge in [-0.1, -0.05) is 42.5 Å². The van der Waals surface area contributed by atoms with E-state index in [1.54, 1.807) is 56.3 Å². The zero-order valence-electron chi connectivity index (χ0n) is 19.4. The van der Waals surface area contributed by atoms with Crippen LogP contribution in [0.5, 0.6) is 5.75 Å². The molecular formula is C26H25F3NNaO5S. The molecule has 0 aliphatic rings. The quantitative estimate of drug-likeness (QED) is 0.291. The van der Waals surface area contributed by atoms with Crippen LogP contribution in [0.2, 0.25) is 0 Å². The summed E-state index contributed by atoms with van der Waals surface area (Å²) in [6, 6.07) is 16.2. The number of anilines is 1. The second-order valence-electron chi connectivity index (χ2n) is 8.09. The predicted octanol–water partition coefficient (Wildman–Crippen LogP) is 5.34. The first-order valence-corrected chi connectivity index (χ1v) is 12.3. The molecule has 0 aliphatic heterocycles. The summed E-state index contributed by atoms with van der Waals surface area (Å²) < 4.78 is 74.0. The van der Waals surface area contributed by atoms with Gasteiger partial charge < -0.3 is 9.84 Å². The normalized spacial score (nSPS) is 11.8. The number of hydrogen-bond donors (Lipinski definition) is 1. The van der Waals surface area contributed by atoms with E-state index in [0.717, 1.165) is 28.6 Å². The fraction of sp³-hybridized carbons (Fsp3) is 0.192. The van der Waals surface area contributed by atoms with Crippen LogP contribution in [0.4, 0.5) is 18.9 Å². The monoisotopic (exact) mass is 543 g/mol. The predicted molar refractivity (Wildman–Crippen MR) is 137 cm³/mol. The molecule has 3 aromatic carbocycles. The fourth-order valence-corrected chi connectivity index (χ4v) is 5.13. The number of carboxylic acids is 1. The van der Waals surface area contributed by atoms with Crippen LogP contribution in [0.15, 0.2) is 83.8 Å². The SMILES string of the molecule is CC(C)N(c1ccc(C(F)(F)F)cc1OCc1ccc(/C=C/C(=O)O)cc1)S(=O)(=O)c1ccccc1.[NaH]. The molecule has 0 fully saturated rings.